The fraction of sp³-hybridized carbons (Fsp3) is 0.500. The van der Waals surface area contributed by atoms with Crippen molar-refractivity contribution in [2.24, 2.45) is 4.99 Å². The molecule has 16 heavy (non-hydrogen) atoms. The molecule has 1 rings (SSSR count). The second-order valence-electron chi connectivity index (χ2n) is 3.69. The van der Waals surface area contributed by atoms with Crippen molar-refractivity contribution >= 4 is 17.6 Å². The molecule has 0 aliphatic carbocycles. The summed E-state index contributed by atoms with van der Waals surface area (Å²) in [5.41, 5.74) is 1.92. The predicted octanol–water partition coefficient (Wildman–Crippen LogP) is 1.56. The molecule has 0 atom stereocenters. The second-order valence-corrected chi connectivity index (χ2v) is 3.69. The van der Waals surface area contributed by atoms with Crippen LogP contribution in [0.5, 0.6) is 0 Å². The van der Waals surface area contributed by atoms with E-state index in [0.29, 0.717) is 0 Å². The van der Waals surface area contributed by atoms with Crippen LogP contribution >= 0.6 is 0 Å². The van der Waals surface area contributed by atoms with E-state index in [1.807, 2.05) is 5.87 Å². The Morgan fingerprint density at radius 3 is 2.25 bits per heavy atom. The van der Waals surface area contributed by atoms with Crippen LogP contribution < -0.4 is 9.84 Å². The summed E-state index contributed by atoms with van der Waals surface area (Å²) in [6, 6.07) is 0. The molecular formula is C12H16N4. The van der Waals surface area contributed by atoms with Gasteiger partial charge in [0, 0.05) is 0 Å². The standard InChI is InChI=1S/C12H16N4/c1-4-16(5-2,6-3)12-10(7-8-13)11(12)15-9-14/h7H,4-6H2,1-3H3. The van der Waals surface area contributed by atoms with Crippen molar-refractivity contribution in [3.8, 4) is 6.19 Å². The van der Waals surface area contributed by atoms with Crippen LogP contribution in [0.1, 0.15) is 26.3 Å². The Morgan fingerprint density at radius 2 is 1.88 bits per heavy atom. The molecule has 0 bridgehead atoms. The summed E-state index contributed by atoms with van der Waals surface area (Å²) in [4.78, 5) is 3.78. The van der Waals surface area contributed by atoms with Gasteiger partial charge in [-0.2, -0.15) is 10.3 Å². The SMILES string of the molecule is CC[N+](CC)(CC)c1c(C=C=[N-])c1=NC#N. The molecule has 1 aromatic rings. The van der Waals surface area contributed by atoms with Gasteiger partial charge in [0.15, 0.2) is 11.0 Å². The maximum absolute atomic E-state index is 8.68. The van der Waals surface area contributed by atoms with Gasteiger partial charge in [-0.25, -0.2) is 0 Å². The molecule has 0 aliphatic heterocycles. The lowest BCUT2D eigenvalue weighted by atomic mass is 10.3. The zero-order chi connectivity index (χ0) is 12.2. The van der Waals surface area contributed by atoms with Crippen LogP contribution in [0.15, 0.2) is 4.99 Å². The van der Waals surface area contributed by atoms with Gasteiger partial charge in [-0.05, 0) is 26.8 Å². The van der Waals surface area contributed by atoms with E-state index in [-0.39, 0.29) is 0 Å². The van der Waals surface area contributed by atoms with Crippen LogP contribution in [0, 0.1) is 11.5 Å². The molecule has 0 saturated heterocycles. The van der Waals surface area contributed by atoms with Crippen LogP contribution in [-0.4, -0.2) is 25.5 Å². The van der Waals surface area contributed by atoms with E-state index in [4.69, 9.17) is 10.7 Å². The van der Waals surface area contributed by atoms with E-state index in [2.05, 4.69) is 25.8 Å². The van der Waals surface area contributed by atoms with Crippen LogP contribution in [0.2, 0.25) is 0 Å². The highest BCUT2D eigenvalue weighted by molar-refractivity contribution is 5.90. The van der Waals surface area contributed by atoms with Gasteiger partial charge in [0.25, 0.3) is 0 Å². The van der Waals surface area contributed by atoms with Crippen LogP contribution in [0.3, 0.4) is 0 Å². The molecule has 0 aliphatic rings. The molecule has 4 heteroatoms. The lowest BCUT2D eigenvalue weighted by Gasteiger charge is -2.31. The quantitative estimate of drug-likeness (QED) is 0.418. The number of nitrogens with zero attached hydrogens (tertiary/aromatic N) is 4. The minimum atomic E-state index is 0.717. The number of hydrogen-bond donors (Lipinski definition) is 0. The van der Waals surface area contributed by atoms with E-state index in [1.165, 1.54) is 6.08 Å². The average Bonchev–Trinajstić information content (AvgIpc) is 2.97. The maximum Gasteiger partial charge on any atom is 0.206 e. The lowest BCUT2D eigenvalue weighted by molar-refractivity contribution is 0.320. The molecule has 0 amide bonds. The van der Waals surface area contributed by atoms with Gasteiger partial charge >= 0.3 is 0 Å². The first-order valence-electron chi connectivity index (χ1n) is 5.52. The molecular weight excluding hydrogens is 200 g/mol. The van der Waals surface area contributed by atoms with Crippen molar-refractivity contribution in [3.63, 3.8) is 0 Å². The Morgan fingerprint density at radius 1 is 1.31 bits per heavy atom. The summed E-state index contributed by atoms with van der Waals surface area (Å²) in [7, 11) is 0. The van der Waals surface area contributed by atoms with Crippen LogP contribution in [-0.2, 0) is 0 Å². The Balaban J connectivity index is 3.27. The highest BCUT2D eigenvalue weighted by Crippen LogP contribution is 2.30. The molecule has 0 spiro atoms. The van der Waals surface area contributed by atoms with Gasteiger partial charge < -0.3 is 5.41 Å². The molecule has 84 valence electrons. The second kappa shape index (κ2) is 4.89. The topological polar surface area (TPSA) is 58.4 Å². The van der Waals surface area contributed by atoms with Crippen LogP contribution in [0.4, 0.5) is 5.69 Å². The number of hydrogen-bond acceptors (Lipinski definition) is 2. The number of rotatable bonds is 5. The van der Waals surface area contributed by atoms with Gasteiger partial charge in [-0.1, -0.05) is 0 Å². The highest BCUT2D eigenvalue weighted by Gasteiger charge is 2.37. The summed E-state index contributed by atoms with van der Waals surface area (Å²) >= 11 is 0. The van der Waals surface area contributed by atoms with Gasteiger partial charge in [0.2, 0.25) is 6.19 Å². The fourth-order valence-corrected chi connectivity index (χ4v) is 2.17. The largest absolute Gasteiger partial charge is 0.763 e. The average molecular weight is 216 g/mol. The molecule has 0 N–H and O–H groups in total. The molecule has 0 radical (unpaired) electrons. The van der Waals surface area contributed by atoms with Gasteiger partial charge in [0.05, 0.1) is 25.2 Å². The first-order valence-corrected chi connectivity index (χ1v) is 5.52. The van der Waals surface area contributed by atoms with E-state index in [1.54, 1.807) is 6.19 Å². The Bertz CT molecular complexity index is 464. The highest BCUT2D eigenvalue weighted by atomic mass is 15.4. The monoisotopic (exact) mass is 216 g/mol. The molecule has 0 heterocycles. The maximum atomic E-state index is 8.68. The summed E-state index contributed by atoms with van der Waals surface area (Å²) in [5.74, 6) is 2.01. The third-order valence-electron chi connectivity index (χ3n) is 3.33. The predicted molar refractivity (Wildman–Crippen MR) is 66.2 cm³/mol. The number of nitriles is 1. The van der Waals surface area contributed by atoms with E-state index < -0.39 is 0 Å². The van der Waals surface area contributed by atoms with Crippen molar-refractivity contribution in [2.45, 2.75) is 20.8 Å². The lowest BCUT2D eigenvalue weighted by Crippen LogP contribution is -2.48. The molecule has 0 unspecified atom stereocenters. The number of quaternary nitrogens is 1. The summed E-state index contributed by atoms with van der Waals surface area (Å²) in [5, 5.41) is 18.0. The van der Waals surface area contributed by atoms with Crippen molar-refractivity contribution in [1.82, 2.24) is 4.48 Å². The zero-order valence-corrected chi connectivity index (χ0v) is 9.99. The first kappa shape index (κ1) is 12.4. The van der Waals surface area contributed by atoms with E-state index in [0.717, 1.165) is 40.7 Å². The molecule has 0 saturated carbocycles. The normalized spacial score (nSPS) is 12.5. The first-order chi connectivity index (χ1) is 7.70. The van der Waals surface area contributed by atoms with Gasteiger partial charge in [0.1, 0.15) is 0 Å². The van der Waals surface area contributed by atoms with Crippen molar-refractivity contribution in [1.29, 1.82) is 5.26 Å². The molecule has 0 fully saturated rings. The summed E-state index contributed by atoms with van der Waals surface area (Å²) in [6.07, 6.45) is 3.28. The fourth-order valence-electron chi connectivity index (χ4n) is 2.17. The smallest absolute Gasteiger partial charge is 0.206 e. The van der Waals surface area contributed by atoms with E-state index in [9.17, 15) is 0 Å². The third kappa shape index (κ3) is 1.83. The molecule has 4 nitrogen and oxygen atoms in total. The minimum Gasteiger partial charge on any atom is -0.763 e. The minimum absolute atomic E-state index is 0.717. The Kier molecular flexibility index (Phi) is 3.78. The molecule has 0 aromatic heterocycles. The molecule has 1 aromatic carbocycles. The summed E-state index contributed by atoms with van der Waals surface area (Å²) in [6.45, 7) is 9.21. The van der Waals surface area contributed by atoms with Crippen molar-refractivity contribution in [3.05, 3.63) is 16.3 Å². The Labute approximate surface area is 95.9 Å². The van der Waals surface area contributed by atoms with Crippen molar-refractivity contribution in [2.75, 3.05) is 19.6 Å². The van der Waals surface area contributed by atoms with Gasteiger partial charge in [-0.15, -0.1) is 0 Å². The van der Waals surface area contributed by atoms with Crippen molar-refractivity contribution < 1.29 is 0 Å². The summed E-state index contributed by atoms with van der Waals surface area (Å²) < 4.78 is 0.800. The Hall–Kier alpha value is -1.69. The van der Waals surface area contributed by atoms with Gasteiger partial charge in [-0.3, -0.25) is 10.4 Å². The van der Waals surface area contributed by atoms with Crippen LogP contribution in [0.25, 0.3) is 11.5 Å². The third-order valence-corrected chi connectivity index (χ3v) is 3.33. The van der Waals surface area contributed by atoms with E-state index >= 15 is 0 Å². The zero-order valence-electron chi connectivity index (χ0n) is 9.99.